The Morgan fingerprint density at radius 2 is 1.92 bits per heavy atom. The number of furan rings is 1. The third-order valence-electron chi connectivity index (χ3n) is 3.77. The minimum absolute atomic E-state index is 0.244. The molecule has 2 aromatic heterocycles. The maximum atomic E-state index is 12.0. The molecule has 0 aliphatic heterocycles. The highest BCUT2D eigenvalue weighted by Gasteiger charge is 2.07. The van der Waals surface area contributed by atoms with E-state index in [1.807, 2.05) is 24.3 Å². The highest BCUT2D eigenvalue weighted by atomic mass is 16.5. The molecule has 0 aliphatic carbocycles. The molecule has 0 saturated heterocycles. The third kappa shape index (κ3) is 4.83. The number of hydrogen-bond acceptors (Lipinski definition) is 6. The summed E-state index contributed by atoms with van der Waals surface area (Å²) in [5.74, 6) is 1.77. The van der Waals surface area contributed by atoms with Gasteiger partial charge in [-0.1, -0.05) is 12.1 Å². The fraction of sp³-hybridized carbons (Fsp3) is 0.211. The number of rotatable bonds is 8. The number of aromatic nitrogens is 2. The van der Waals surface area contributed by atoms with E-state index in [1.165, 1.54) is 18.0 Å². The van der Waals surface area contributed by atoms with E-state index in [9.17, 15) is 4.79 Å². The molecule has 3 rings (SSSR count). The van der Waals surface area contributed by atoms with Gasteiger partial charge in [0, 0.05) is 18.9 Å². The van der Waals surface area contributed by atoms with Crippen LogP contribution in [0.15, 0.2) is 59.5 Å². The van der Waals surface area contributed by atoms with Crippen molar-refractivity contribution >= 4 is 11.9 Å². The van der Waals surface area contributed by atoms with Crippen LogP contribution < -0.4 is 15.4 Å². The van der Waals surface area contributed by atoms with Gasteiger partial charge >= 0.3 is 0 Å². The first-order valence-electron chi connectivity index (χ1n) is 8.24. The number of methoxy groups -OCH3 is 1. The normalized spacial score (nSPS) is 10.3. The van der Waals surface area contributed by atoms with Crippen molar-refractivity contribution in [1.82, 2.24) is 15.3 Å². The average Bonchev–Trinajstić information content (AvgIpc) is 3.21. The number of nitrogens with one attached hydrogen (secondary N) is 2. The van der Waals surface area contributed by atoms with Crippen LogP contribution in [0.5, 0.6) is 5.75 Å². The molecule has 0 saturated carbocycles. The van der Waals surface area contributed by atoms with E-state index in [0.717, 1.165) is 12.2 Å². The van der Waals surface area contributed by atoms with E-state index < -0.39 is 0 Å². The second kappa shape index (κ2) is 8.66. The quantitative estimate of drug-likeness (QED) is 0.648. The Kier molecular flexibility index (Phi) is 5.82. The highest BCUT2D eigenvalue weighted by molar-refractivity contribution is 5.93. The Hall–Kier alpha value is -3.35. The van der Waals surface area contributed by atoms with Crippen LogP contribution >= 0.6 is 0 Å². The van der Waals surface area contributed by atoms with E-state index in [-0.39, 0.29) is 5.91 Å². The van der Waals surface area contributed by atoms with E-state index in [4.69, 9.17) is 9.15 Å². The van der Waals surface area contributed by atoms with Crippen molar-refractivity contribution in [3.8, 4) is 5.75 Å². The summed E-state index contributed by atoms with van der Waals surface area (Å²) in [6.07, 6.45) is 5.40. The van der Waals surface area contributed by atoms with Crippen molar-refractivity contribution < 1.29 is 13.9 Å². The molecule has 1 aromatic carbocycles. The zero-order valence-corrected chi connectivity index (χ0v) is 14.4. The van der Waals surface area contributed by atoms with Crippen LogP contribution in [0.1, 0.15) is 21.7 Å². The lowest BCUT2D eigenvalue weighted by Gasteiger charge is -2.07. The molecular formula is C19H20N4O3. The van der Waals surface area contributed by atoms with Gasteiger partial charge in [-0.05, 0) is 36.2 Å². The van der Waals surface area contributed by atoms with Gasteiger partial charge < -0.3 is 19.8 Å². The lowest BCUT2D eigenvalue weighted by molar-refractivity contribution is 0.0947. The van der Waals surface area contributed by atoms with Gasteiger partial charge in [0.1, 0.15) is 11.5 Å². The predicted molar refractivity (Wildman–Crippen MR) is 97.1 cm³/mol. The Morgan fingerprint density at radius 3 is 2.58 bits per heavy atom. The molecule has 0 spiro atoms. The smallest absolute Gasteiger partial charge is 0.254 e. The van der Waals surface area contributed by atoms with Crippen LogP contribution in [0.25, 0.3) is 0 Å². The van der Waals surface area contributed by atoms with Crippen LogP contribution in [0.3, 0.4) is 0 Å². The molecule has 1 amide bonds. The summed E-state index contributed by atoms with van der Waals surface area (Å²) in [4.78, 5) is 20.4. The van der Waals surface area contributed by atoms with Crippen LogP contribution in [0.2, 0.25) is 0 Å². The first-order valence-corrected chi connectivity index (χ1v) is 8.24. The summed E-state index contributed by atoms with van der Waals surface area (Å²) in [5, 5.41) is 5.89. The van der Waals surface area contributed by atoms with E-state index in [2.05, 4.69) is 20.6 Å². The molecule has 0 atom stereocenters. The molecular weight excluding hydrogens is 332 g/mol. The van der Waals surface area contributed by atoms with Gasteiger partial charge in [-0.3, -0.25) is 4.79 Å². The van der Waals surface area contributed by atoms with E-state index in [0.29, 0.717) is 30.4 Å². The summed E-state index contributed by atoms with van der Waals surface area (Å²) in [6.45, 7) is 1.02. The SMILES string of the molecule is COc1ccc(CCNc2ncc(C(=O)NCc3ccco3)cn2)cc1. The van der Waals surface area contributed by atoms with Gasteiger partial charge in [0.05, 0.1) is 25.5 Å². The Morgan fingerprint density at radius 1 is 1.15 bits per heavy atom. The Balaban J connectivity index is 1.45. The first-order chi connectivity index (χ1) is 12.7. The summed E-state index contributed by atoms with van der Waals surface area (Å²) in [6, 6.07) is 11.5. The largest absolute Gasteiger partial charge is 0.497 e. The number of benzene rings is 1. The minimum Gasteiger partial charge on any atom is -0.497 e. The molecule has 7 heteroatoms. The number of carbonyl (C=O) groups is 1. The molecule has 2 heterocycles. The van der Waals surface area contributed by atoms with Crippen molar-refractivity contribution in [2.45, 2.75) is 13.0 Å². The third-order valence-corrected chi connectivity index (χ3v) is 3.77. The maximum Gasteiger partial charge on any atom is 0.254 e. The van der Waals surface area contributed by atoms with Crippen molar-refractivity contribution in [3.05, 3.63) is 71.9 Å². The second-order valence-corrected chi connectivity index (χ2v) is 5.58. The number of anilines is 1. The topological polar surface area (TPSA) is 89.3 Å². The van der Waals surface area contributed by atoms with Crippen LogP contribution in [0, 0.1) is 0 Å². The van der Waals surface area contributed by atoms with Gasteiger partial charge in [0.2, 0.25) is 5.95 Å². The zero-order chi connectivity index (χ0) is 18.2. The fourth-order valence-corrected chi connectivity index (χ4v) is 2.33. The number of hydrogen-bond donors (Lipinski definition) is 2. The number of amides is 1. The average molecular weight is 352 g/mol. The van der Waals surface area contributed by atoms with Crippen molar-refractivity contribution in [3.63, 3.8) is 0 Å². The molecule has 26 heavy (non-hydrogen) atoms. The molecule has 3 aromatic rings. The fourth-order valence-electron chi connectivity index (χ4n) is 2.33. The molecule has 134 valence electrons. The molecule has 0 fully saturated rings. The van der Waals surface area contributed by atoms with E-state index >= 15 is 0 Å². The number of carbonyl (C=O) groups excluding carboxylic acids is 1. The van der Waals surface area contributed by atoms with Gasteiger partial charge in [0.25, 0.3) is 5.91 Å². The molecule has 7 nitrogen and oxygen atoms in total. The van der Waals surface area contributed by atoms with Crippen molar-refractivity contribution in [2.75, 3.05) is 19.0 Å². The lowest BCUT2D eigenvalue weighted by Crippen LogP contribution is -2.23. The molecule has 0 unspecified atom stereocenters. The summed E-state index contributed by atoms with van der Waals surface area (Å²) >= 11 is 0. The number of ether oxygens (including phenoxy) is 1. The standard InChI is InChI=1S/C19H20N4O3/c1-25-16-6-4-14(5-7-16)8-9-20-19-22-11-15(12-23-19)18(24)21-13-17-3-2-10-26-17/h2-7,10-12H,8-9,13H2,1H3,(H,21,24)(H,20,22,23). The monoisotopic (exact) mass is 352 g/mol. The van der Waals surface area contributed by atoms with Crippen LogP contribution in [-0.2, 0) is 13.0 Å². The summed E-state index contributed by atoms with van der Waals surface area (Å²) < 4.78 is 10.3. The number of nitrogens with zero attached hydrogens (tertiary/aromatic N) is 2. The first kappa shape index (κ1) is 17.5. The van der Waals surface area contributed by atoms with Crippen molar-refractivity contribution in [2.24, 2.45) is 0 Å². The molecule has 0 aliphatic rings. The Bertz CT molecular complexity index is 815. The van der Waals surface area contributed by atoms with Gasteiger partial charge in [-0.2, -0.15) is 0 Å². The summed E-state index contributed by atoms with van der Waals surface area (Å²) in [5.41, 5.74) is 1.59. The van der Waals surface area contributed by atoms with Gasteiger partial charge in [-0.25, -0.2) is 9.97 Å². The minimum atomic E-state index is -0.244. The lowest BCUT2D eigenvalue weighted by atomic mass is 10.1. The van der Waals surface area contributed by atoms with E-state index in [1.54, 1.807) is 25.5 Å². The second-order valence-electron chi connectivity index (χ2n) is 5.58. The molecule has 0 radical (unpaired) electrons. The Labute approximate surface area is 151 Å². The highest BCUT2D eigenvalue weighted by Crippen LogP contribution is 2.11. The van der Waals surface area contributed by atoms with Gasteiger partial charge in [0.15, 0.2) is 0 Å². The predicted octanol–water partition coefficient (Wildman–Crippen LogP) is 2.66. The summed E-state index contributed by atoms with van der Waals surface area (Å²) in [7, 11) is 1.65. The maximum absolute atomic E-state index is 12.0. The van der Waals surface area contributed by atoms with Crippen molar-refractivity contribution in [1.29, 1.82) is 0 Å². The molecule has 0 bridgehead atoms. The zero-order valence-electron chi connectivity index (χ0n) is 14.4. The van der Waals surface area contributed by atoms with Crippen LogP contribution in [0.4, 0.5) is 5.95 Å². The van der Waals surface area contributed by atoms with Gasteiger partial charge in [-0.15, -0.1) is 0 Å². The molecule has 2 N–H and O–H groups in total. The van der Waals surface area contributed by atoms with Crippen LogP contribution in [-0.4, -0.2) is 29.5 Å².